The Morgan fingerprint density at radius 3 is 2.57 bits per heavy atom. The summed E-state index contributed by atoms with van der Waals surface area (Å²) in [5, 5.41) is 26.1. The molecular formula is C20H26N4O4. The molecule has 8 nitrogen and oxygen atoms in total. The van der Waals surface area contributed by atoms with Crippen molar-refractivity contribution in [3.05, 3.63) is 62.2 Å². The lowest BCUT2D eigenvalue weighted by molar-refractivity contribution is -0.393. The minimum absolute atomic E-state index is 0.110. The monoisotopic (exact) mass is 386 g/mol. The molecule has 1 aromatic rings. The molecule has 2 rings (SSSR count). The fourth-order valence-electron chi connectivity index (χ4n) is 3.19. The van der Waals surface area contributed by atoms with E-state index >= 15 is 0 Å². The number of anilines is 1. The van der Waals surface area contributed by atoms with Gasteiger partial charge in [-0.05, 0) is 49.7 Å². The molecule has 0 fully saturated rings. The third-order valence-corrected chi connectivity index (χ3v) is 5.01. The molecule has 0 bridgehead atoms. The van der Waals surface area contributed by atoms with E-state index in [4.69, 9.17) is 0 Å². The highest BCUT2D eigenvalue weighted by Crippen LogP contribution is 2.33. The van der Waals surface area contributed by atoms with Crippen molar-refractivity contribution in [1.29, 1.82) is 0 Å². The summed E-state index contributed by atoms with van der Waals surface area (Å²) in [5.41, 5.74) is 4.20. The first-order valence-corrected chi connectivity index (χ1v) is 9.29. The molecule has 0 spiro atoms. The van der Waals surface area contributed by atoms with Gasteiger partial charge in [0.15, 0.2) is 0 Å². The molecule has 150 valence electrons. The van der Waals surface area contributed by atoms with E-state index in [2.05, 4.69) is 43.5 Å². The Labute approximate surface area is 164 Å². The number of nitro groups is 2. The van der Waals surface area contributed by atoms with Gasteiger partial charge in [0.2, 0.25) is 0 Å². The molecule has 28 heavy (non-hydrogen) atoms. The van der Waals surface area contributed by atoms with Crippen molar-refractivity contribution in [2.24, 2.45) is 22.9 Å². The van der Waals surface area contributed by atoms with Gasteiger partial charge in [-0.3, -0.25) is 25.7 Å². The van der Waals surface area contributed by atoms with E-state index in [0.717, 1.165) is 18.9 Å². The normalized spacial score (nSPS) is 20.3. The number of hydrazone groups is 1. The molecule has 1 aromatic carbocycles. The van der Waals surface area contributed by atoms with Crippen LogP contribution in [0.4, 0.5) is 17.1 Å². The topological polar surface area (TPSA) is 111 Å². The number of hydrogen-bond acceptors (Lipinski definition) is 6. The van der Waals surface area contributed by atoms with Crippen LogP contribution in [-0.4, -0.2) is 15.6 Å². The Hall–Kier alpha value is -3.03. The van der Waals surface area contributed by atoms with Gasteiger partial charge in [0.1, 0.15) is 5.69 Å². The Morgan fingerprint density at radius 2 is 2.00 bits per heavy atom. The van der Waals surface area contributed by atoms with Crippen LogP contribution < -0.4 is 5.43 Å². The Kier molecular flexibility index (Phi) is 7.03. The minimum atomic E-state index is -0.668. The van der Waals surface area contributed by atoms with Gasteiger partial charge in [-0.25, -0.2) is 0 Å². The number of nitrogens with one attached hydrogen (secondary N) is 1. The number of rotatable bonds is 7. The Morgan fingerprint density at radius 1 is 1.29 bits per heavy atom. The van der Waals surface area contributed by atoms with Gasteiger partial charge in [0.05, 0.1) is 21.6 Å². The van der Waals surface area contributed by atoms with E-state index in [1.165, 1.54) is 17.7 Å². The van der Waals surface area contributed by atoms with Crippen LogP contribution in [0.3, 0.4) is 0 Å². The van der Waals surface area contributed by atoms with Crippen molar-refractivity contribution in [3.8, 4) is 0 Å². The Balaban J connectivity index is 2.08. The summed E-state index contributed by atoms with van der Waals surface area (Å²) in [6.45, 7) is 8.47. The highest BCUT2D eigenvalue weighted by molar-refractivity contribution is 5.93. The first-order chi connectivity index (χ1) is 13.2. The molecule has 0 amide bonds. The van der Waals surface area contributed by atoms with Crippen LogP contribution in [0.1, 0.15) is 40.5 Å². The second-order valence-electron chi connectivity index (χ2n) is 7.45. The van der Waals surface area contributed by atoms with Gasteiger partial charge in [-0.2, -0.15) is 5.10 Å². The lowest BCUT2D eigenvalue weighted by Gasteiger charge is -2.28. The zero-order chi connectivity index (χ0) is 20.8. The zero-order valence-corrected chi connectivity index (χ0v) is 16.6. The minimum Gasteiger partial charge on any atom is -0.271 e. The molecule has 8 heteroatoms. The van der Waals surface area contributed by atoms with E-state index in [0.29, 0.717) is 23.5 Å². The van der Waals surface area contributed by atoms with Gasteiger partial charge in [0, 0.05) is 6.07 Å². The number of non-ortho nitro benzene ring substituents is 1. The van der Waals surface area contributed by atoms with Gasteiger partial charge in [0.25, 0.3) is 5.69 Å². The van der Waals surface area contributed by atoms with Gasteiger partial charge in [-0.1, -0.05) is 38.5 Å². The molecule has 1 N–H and O–H groups in total. The lowest BCUT2D eigenvalue weighted by Crippen LogP contribution is -2.16. The van der Waals surface area contributed by atoms with Crippen LogP contribution in [0.25, 0.3) is 0 Å². The molecular weight excluding hydrogens is 360 g/mol. The van der Waals surface area contributed by atoms with Crippen molar-refractivity contribution in [3.63, 3.8) is 0 Å². The van der Waals surface area contributed by atoms with Crippen LogP contribution in [0.15, 0.2) is 47.1 Å². The highest BCUT2D eigenvalue weighted by atomic mass is 16.6. The molecule has 0 saturated carbocycles. The summed E-state index contributed by atoms with van der Waals surface area (Å²) in [6, 6.07) is 3.42. The van der Waals surface area contributed by atoms with Crippen molar-refractivity contribution in [2.45, 2.75) is 40.5 Å². The SMILES string of the molecule is CC(/C=C/C1CC=C(C(C)C)CC1C)=N/Nc1ccc([N+](=O)[O-])cc1[N+](=O)[O-]. The van der Waals surface area contributed by atoms with E-state index < -0.39 is 9.85 Å². The second kappa shape index (κ2) is 9.25. The molecule has 0 heterocycles. The van der Waals surface area contributed by atoms with E-state index in [9.17, 15) is 20.2 Å². The average Bonchev–Trinajstić information content (AvgIpc) is 2.64. The fourth-order valence-corrected chi connectivity index (χ4v) is 3.19. The average molecular weight is 386 g/mol. The molecule has 0 saturated heterocycles. The molecule has 1 aliphatic carbocycles. The molecule has 0 radical (unpaired) electrons. The number of nitrogens with zero attached hydrogens (tertiary/aromatic N) is 3. The van der Waals surface area contributed by atoms with Gasteiger partial charge in [-0.15, -0.1) is 0 Å². The van der Waals surface area contributed by atoms with Crippen LogP contribution in [-0.2, 0) is 0 Å². The standard InChI is InChI=1S/C20H26N4O4/c1-13(2)17-8-7-16(14(3)11-17)6-5-15(4)21-22-19-10-9-18(23(25)26)12-20(19)24(27)28/h5-6,8-10,12-14,16,22H,7,11H2,1-4H3/b6-5+,21-15-. The number of nitro benzene ring substituents is 2. The second-order valence-corrected chi connectivity index (χ2v) is 7.45. The fraction of sp³-hybridized carbons (Fsp3) is 0.450. The largest absolute Gasteiger partial charge is 0.301 e. The maximum Gasteiger partial charge on any atom is 0.301 e. The zero-order valence-electron chi connectivity index (χ0n) is 16.6. The first kappa shape index (κ1) is 21.3. The highest BCUT2D eigenvalue weighted by Gasteiger charge is 2.21. The quantitative estimate of drug-likeness (QED) is 0.289. The molecule has 2 unspecified atom stereocenters. The van der Waals surface area contributed by atoms with Crippen LogP contribution >= 0.6 is 0 Å². The summed E-state index contributed by atoms with van der Waals surface area (Å²) >= 11 is 0. The summed E-state index contributed by atoms with van der Waals surface area (Å²) < 4.78 is 0. The van der Waals surface area contributed by atoms with Crippen molar-refractivity contribution in [2.75, 3.05) is 5.43 Å². The summed E-state index contributed by atoms with van der Waals surface area (Å²) in [4.78, 5) is 20.6. The number of allylic oxidation sites excluding steroid dienone is 4. The maximum atomic E-state index is 11.2. The summed E-state index contributed by atoms with van der Waals surface area (Å²) in [7, 11) is 0. The maximum absolute atomic E-state index is 11.2. The van der Waals surface area contributed by atoms with E-state index in [1.807, 2.05) is 6.08 Å². The third-order valence-electron chi connectivity index (χ3n) is 5.01. The smallest absolute Gasteiger partial charge is 0.271 e. The first-order valence-electron chi connectivity index (χ1n) is 9.29. The van der Waals surface area contributed by atoms with Crippen LogP contribution in [0.5, 0.6) is 0 Å². The Bertz CT molecular complexity index is 843. The molecule has 1 aliphatic rings. The van der Waals surface area contributed by atoms with E-state index in [1.54, 1.807) is 6.92 Å². The molecule has 2 atom stereocenters. The van der Waals surface area contributed by atoms with E-state index in [-0.39, 0.29) is 17.1 Å². The molecule has 0 aromatic heterocycles. The predicted molar refractivity (Wildman–Crippen MR) is 110 cm³/mol. The van der Waals surface area contributed by atoms with Gasteiger partial charge < -0.3 is 0 Å². The van der Waals surface area contributed by atoms with Crippen molar-refractivity contribution in [1.82, 2.24) is 0 Å². The van der Waals surface area contributed by atoms with Gasteiger partial charge >= 0.3 is 5.69 Å². The van der Waals surface area contributed by atoms with Crippen molar-refractivity contribution >= 4 is 22.8 Å². The third kappa shape index (κ3) is 5.48. The predicted octanol–water partition coefficient (Wildman–Crippen LogP) is 5.48. The van der Waals surface area contributed by atoms with Crippen LogP contribution in [0, 0.1) is 38.0 Å². The number of benzene rings is 1. The van der Waals surface area contributed by atoms with Crippen LogP contribution in [0.2, 0.25) is 0 Å². The van der Waals surface area contributed by atoms with Crippen molar-refractivity contribution < 1.29 is 9.85 Å². The number of hydrogen-bond donors (Lipinski definition) is 1. The molecule has 0 aliphatic heterocycles. The lowest BCUT2D eigenvalue weighted by atomic mass is 9.77. The summed E-state index contributed by atoms with van der Waals surface area (Å²) in [5.74, 6) is 1.56. The summed E-state index contributed by atoms with van der Waals surface area (Å²) in [6.07, 6.45) is 8.45.